The highest BCUT2D eigenvalue weighted by atomic mass is 16.3. The maximum atomic E-state index is 9.29. The van der Waals surface area contributed by atoms with Gasteiger partial charge in [0.05, 0.1) is 0 Å². The van der Waals surface area contributed by atoms with Crippen LogP contribution in [0.5, 0.6) is 5.75 Å². The van der Waals surface area contributed by atoms with Crippen LogP contribution in [0, 0.1) is 0 Å². The molecule has 4 heteroatoms. The van der Waals surface area contributed by atoms with Crippen LogP contribution >= 0.6 is 0 Å². The van der Waals surface area contributed by atoms with Gasteiger partial charge in [0.1, 0.15) is 5.75 Å². The summed E-state index contributed by atoms with van der Waals surface area (Å²) in [5, 5.41) is 13.0. The number of hydrogen-bond acceptors (Lipinski definition) is 4. The largest absolute Gasteiger partial charge is 0.508 e. The number of benzene rings is 1. The van der Waals surface area contributed by atoms with Gasteiger partial charge >= 0.3 is 0 Å². The molecule has 2 unspecified atom stereocenters. The Morgan fingerprint density at radius 2 is 1.95 bits per heavy atom. The first-order valence-corrected chi connectivity index (χ1v) is 7.94. The number of phenols is 1. The molecule has 0 aliphatic carbocycles. The Hall–Kier alpha value is -1.10. The van der Waals surface area contributed by atoms with Gasteiger partial charge in [0.2, 0.25) is 0 Å². The van der Waals surface area contributed by atoms with Gasteiger partial charge in [0, 0.05) is 38.3 Å². The lowest BCUT2D eigenvalue weighted by Crippen LogP contribution is -2.54. The van der Waals surface area contributed by atoms with Crippen molar-refractivity contribution in [2.45, 2.75) is 31.8 Å². The Kier molecular flexibility index (Phi) is 6.03. The number of nitrogens with zero attached hydrogens (tertiary/aromatic N) is 2. The Balaban J connectivity index is 1.69. The van der Waals surface area contributed by atoms with Gasteiger partial charge < -0.3 is 15.3 Å². The summed E-state index contributed by atoms with van der Waals surface area (Å²) >= 11 is 0. The first-order valence-electron chi connectivity index (χ1n) is 7.94. The molecule has 0 amide bonds. The number of rotatable bonds is 6. The second-order valence-corrected chi connectivity index (χ2v) is 6.41. The molecule has 1 aliphatic rings. The lowest BCUT2D eigenvalue weighted by molar-refractivity contribution is 0.111. The number of likely N-dealkylation sites (N-methyl/N-ethyl adjacent to an activating group) is 2. The minimum Gasteiger partial charge on any atom is -0.508 e. The molecule has 1 aromatic rings. The lowest BCUT2D eigenvalue weighted by atomic mass is 10.1. The third-order valence-corrected chi connectivity index (χ3v) is 4.48. The molecule has 0 radical (unpaired) electrons. The topological polar surface area (TPSA) is 38.7 Å². The number of aryl methyl sites for hydroxylation is 1. The molecular weight excluding hydrogens is 262 g/mol. The predicted octanol–water partition coefficient (Wildman–Crippen LogP) is 1.55. The van der Waals surface area contributed by atoms with Crippen molar-refractivity contribution in [3.63, 3.8) is 0 Å². The first kappa shape index (κ1) is 16.3. The van der Waals surface area contributed by atoms with Crippen molar-refractivity contribution >= 4 is 0 Å². The van der Waals surface area contributed by atoms with E-state index in [-0.39, 0.29) is 0 Å². The van der Waals surface area contributed by atoms with E-state index in [1.54, 1.807) is 12.1 Å². The highest BCUT2D eigenvalue weighted by molar-refractivity contribution is 5.25. The van der Waals surface area contributed by atoms with Gasteiger partial charge in [-0.2, -0.15) is 0 Å². The van der Waals surface area contributed by atoms with E-state index in [9.17, 15) is 5.11 Å². The fraction of sp³-hybridized carbons (Fsp3) is 0.647. The Bertz CT molecular complexity index is 421. The normalized spacial score (nSPS) is 22.3. The maximum Gasteiger partial charge on any atom is 0.115 e. The van der Waals surface area contributed by atoms with Gasteiger partial charge in [0.25, 0.3) is 0 Å². The summed E-state index contributed by atoms with van der Waals surface area (Å²) in [6.45, 7) is 6.78. The monoisotopic (exact) mass is 291 g/mol. The van der Waals surface area contributed by atoms with E-state index in [4.69, 9.17) is 0 Å². The molecule has 1 fully saturated rings. The van der Waals surface area contributed by atoms with E-state index in [1.807, 2.05) is 12.1 Å². The molecule has 2 N–H and O–H groups in total. The zero-order valence-electron chi connectivity index (χ0n) is 13.5. The highest BCUT2D eigenvalue weighted by Crippen LogP contribution is 2.12. The summed E-state index contributed by atoms with van der Waals surface area (Å²) in [7, 11) is 4.43. The van der Waals surface area contributed by atoms with Crippen LogP contribution in [-0.4, -0.2) is 67.3 Å². The maximum absolute atomic E-state index is 9.29. The third-order valence-electron chi connectivity index (χ3n) is 4.48. The highest BCUT2D eigenvalue weighted by Gasteiger charge is 2.22. The van der Waals surface area contributed by atoms with Crippen LogP contribution < -0.4 is 5.32 Å². The standard InChI is InChI=1S/C17H29N3O/c1-14(4-5-15-6-8-17(21)9-7-15)18-12-16-13-19(2)10-11-20(16)3/h6-9,14,16,18,21H,4-5,10-13H2,1-3H3. The summed E-state index contributed by atoms with van der Waals surface area (Å²) in [5.74, 6) is 0.342. The van der Waals surface area contributed by atoms with Gasteiger partial charge in [-0.05, 0) is 51.6 Å². The average Bonchev–Trinajstić information content (AvgIpc) is 2.47. The molecule has 21 heavy (non-hydrogen) atoms. The van der Waals surface area contributed by atoms with Gasteiger partial charge in [-0.3, -0.25) is 4.90 Å². The predicted molar refractivity (Wildman–Crippen MR) is 87.8 cm³/mol. The number of hydrogen-bond donors (Lipinski definition) is 2. The number of nitrogens with one attached hydrogen (secondary N) is 1. The second kappa shape index (κ2) is 7.78. The first-order chi connectivity index (χ1) is 10.0. The Morgan fingerprint density at radius 3 is 2.67 bits per heavy atom. The van der Waals surface area contributed by atoms with Gasteiger partial charge in [-0.15, -0.1) is 0 Å². The van der Waals surface area contributed by atoms with Crippen LogP contribution in [0.4, 0.5) is 0 Å². The molecule has 1 aliphatic heterocycles. The Morgan fingerprint density at radius 1 is 1.24 bits per heavy atom. The van der Waals surface area contributed by atoms with Crippen molar-refractivity contribution in [2.24, 2.45) is 0 Å². The molecule has 118 valence electrons. The average molecular weight is 291 g/mol. The molecule has 0 aromatic heterocycles. The minimum absolute atomic E-state index is 0.342. The molecule has 1 heterocycles. The number of piperazine rings is 1. The number of phenolic OH excluding ortho intramolecular Hbond substituents is 1. The summed E-state index contributed by atoms with van der Waals surface area (Å²) < 4.78 is 0. The SMILES string of the molecule is CC(CCc1ccc(O)cc1)NCC1CN(C)CCN1C. The van der Waals surface area contributed by atoms with Crippen molar-refractivity contribution in [2.75, 3.05) is 40.3 Å². The quantitative estimate of drug-likeness (QED) is 0.834. The van der Waals surface area contributed by atoms with Gasteiger partial charge in [-0.25, -0.2) is 0 Å². The van der Waals surface area contributed by atoms with Crippen LogP contribution in [-0.2, 0) is 6.42 Å². The van der Waals surface area contributed by atoms with Crippen LogP contribution in [0.3, 0.4) is 0 Å². The van der Waals surface area contributed by atoms with Crippen molar-refractivity contribution in [3.8, 4) is 5.75 Å². The smallest absolute Gasteiger partial charge is 0.115 e. The molecule has 4 nitrogen and oxygen atoms in total. The van der Waals surface area contributed by atoms with Crippen molar-refractivity contribution in [3.05, 3.63) is 29.8 Å². The molecular formula is C17H29N3O. The number of aromatic hydroxyl groups is 1. The molecule has 0 bridgehead atoms. The fourth-order valence-electron chi connectivity index (χ4n) is 2.81. The van der Waals surface area contributed by atoms with Crippen molar-refractivity contribution in [1.29, 1.82) is 0 Å². The summed E-state index contributed by atoms with van der Waals surface area (Å²) in [4.78, 5) is 4.87. The van der Waals surface area contributed by atoms with Gasteiger partial charge in [0.15, 0.2) is 0 Å². The minimum atomic E-state index is 0.342. The van der Waals surface area contributed by atoms with Crippen LogP contribution in [0.1, 0.15) is 18.9 Å². The van der Waals surface area contributed by atoms with E-state index >= 15 is 0 Å². The van der Waals surface area contributed by atoms with Crippen LogP contribution in [0.25, 0.3) is 0 Å². The molecule has 1 aromatic carbocycles. The van der Waals surface area contributed by atoms with Crippen molar-refractivity contribution in [1.82, 2.24) is 15.1 Å². The van der Waals surface area contributed by atoms with Crippen molar-refractivity contribution < 1.29 is 5.11 Å². The molecule has 2 rings (SSSR count). The zero-order valence-corrected chi connectivity index (χ0v) is 13.5. The summed E-state index contributed by atoms with van der Waals surface area (Å²) in [6.07, 6.45) is 2.17. The summed E-state index contributed by atoms with van der Waals surface area (Å²) in [5.41, 5.74) is 1.29. The molecule has 0 spiro atoms. The second-order valence-electron chi connectivity index (χ2n) is 6.41. The van der Waals surface area contributed by atoms with Crippen LogP contribution in [0.15, 0.2) is 24.3 Å². The lowest BCUT2D eigenvalue weighted by Gasteiger charge is -2.38. The van der Waals surface area contributed by atoms with E-state index in [2.05, 4.69) is 36.1 Å². The third kappa shape index (κ3) is 5.30. The zero-order chi connectivity index (χ0) is 15.2. The molecule has 2 atom stereocenters. The van der Waals surface area contributed by atoms with E-state index in [1.165, 1.54) is 12.1 Å². The molecule has 0 saturated carbocycles. The van der Waals surface area contributed by atoms with E-state index in [0.717, 1.165) is 32.5 Å². The summed E-state index contributed by atoms with van der Waals surface area (Å²) in [6, 6.07) is 8.66. The van der Waals surface area contributed by atoms with Crippen LogP contribution in [0.2, 0.25) is 0 Å². The Labute approximate surface area is 128 Å². The van der Waals surface area contributed by atoms with E-state index < -0.39 is 0 Å². The van der Waals surface area contributed by atoms with Gasteiger partial charge in [-0.1, -0.05) is 12.1 Å². The fourth-order valence-corrected chi connectivity index (χ4v) is 2.81. The van der Waals surface area contributed by atoms with E-state index in [0.29, 0.717) is 17.8 Å². The molecule has 1 saturated heterocycles.